The van der Waals surface area contributed by atoms with E-state index in [0.29, 0.717) is 12.2 Å². The molecular weight excluding hydrogens is 198 g/mol. The largest absolute Gasteiger partial charge is 0.377 e. The highest BCUT2D eigenvalue weighted by molar-refractivity contribution is 5.32. The zero-order chi connectivity index (χ0) is 11.2. The van der Waals surface area contributed by atoms with E-state index < -0.39 is 0 Å². The molecule has 2 rings (SSSR count). The van der Waals surface area contributed by atoms with Crippen LogP contribution in [-0.2, 0) is 11.3 Å². The first-order chi connectivity index (χ1) is 7.88. The van der Waals surface area contributed by atoms with Gasteiger partial charge in [0.05, 0.1) is 18.2 Å². The van der Waals surface area contributed by atoms with Crippen LogP contribution in [0.5, 0.6) is 0 Å². The average Bonchev–Trinajstić information content (AvgIpc) is 2.27. The smallest absolute Gasteiger partial charge is 0.0991 e. The first kappa shape index (κ1) is 11.2. The standard InChI is InChI=1S/C14H17NO/c15-10-13-5-2-6-14(9-13)11-16-8-7-12-3-1-4-12/h2,5-6,9,12H,1,3-4,7-8,11H2. The highest BCUT2D eigenvalue weighted by Gasteiger charge is 2.16. The van der Waals surface area contributed by atoms with E-state index in [1.54, 1.807) is 0 Å². The summed E-state index contributed by atoms with van der Waals surface area (Å²) in [5.74, 6) is 0.908. The maximum Gasteiger partial charge on any atom is 0.0991 e. The topological polar surface area (TPSA) is 33.0 Å². The molecule has 0 amide bonds. The Kier molecular flexibility index (Phi) is 3.96. The molecule has 1 aliphatic carbocycles. The second-order valence-electron chi connectivity index (χ2n) is 4.45. The van der Waals surface area contributed by atoms with Crippen molar-refractivity contribution in [2.45, 2.75) is 32.3 Å². The van der Waals surface area contributed by atoms with E-state index in [1.165, 1.54) is 25.7 Å². The molecular formula is C14H17NO. The Hall–Kier alpha value is -1.33. The fourth-order valence-corrected chi connectivity index (χ4v) is 1.95. The molecule has 0 aliphatic heterocycles. The first-order valence-corrected chi connectivity index (χ1v) is 5.95. The summed E-state index contributed by atoms with van der Waals surface area (Å²) in [6.45, 7) is 1.48. The Labute approximate surface area is 96.9 Å². The van der Waals surface area contributed by atoms with Crippen LogP contribution in [0.2, 0.25) is 0 Å². The summed E-state index contributed by atoms with van der Waals surface area (Å²) < 4.78 is 5.62. The van der Waals surface area contributed by atoms with Crippen molar-refractivity contribution in [1.29, 1.82) is 5.26 Å². The summed E-state index contributed by atoms with van der Waals surface area (Å²) in [5.41, 5.74) is 1.80. The molecule has 0 unspecified atom stereocenters. The lowest BCUT2D eigenvalue weighted by molar-refractivity contribution is 0.0950. The van der Waals surface area contributed by atoms with E-state index in [9.17, 15) is 0 Å². The second kappa shape index (κ2) is 5.67. The van der Waals surface area contributed by atoms with E-state index in [0.717, 1.165) is 18.1 Å². The Bertz CT molecular complexity index is 377. The van der Waals surface area contributed by atoms with Crippen molar-refractivity contribution in [3.8, 4) is 6.07 Å². The summed E-state index contributed by atoms with van der Waals surface area (Å²) >= 11 is 0. The molecule has 84 valence electrons. The Balaban J connectivity index is 1.70. The molecule has 0 atom stereocenters. The van der Waals surface area contributed by atoms with Crippen LogP contribution in [0, 0.1) is 17.2 Å². The minimum Gasteiger partial charge on any atom is -0.377 e. The van der Waals surface area contributed by atoms with Crippen molar-refractivity contribution in [3.63, 3.8) is 0 Å². The molecule has 0 spiro atoms. The van der Waals surface area contributed by atoms with Crippen molar-refractivity contribution in [3.05, 3.63) is 35.4 Å². The minimum absolute atomic E-state index is 0.627. The third kappa shape index (κ3) is 3.08. The van der Waals surface area contributed by atoms with Gasteiger partial charge in [-0.1, -0.05) is 31.4 Å². The van der Waals surface area contributed by atoms with Crippen molar-refractivity contribution in [1.82, 2.24) is 0 Å². The van der Waals surface area contributed by atoms with Gasteiger partial charge in [0, 0.05) is 6.61 Å². The molecule has 1 aromatic rings. The van der Waals surface area contributed by atoms with Crippen LogP contribution in [0.3, 0.4) is 0 Å². The fraction of sp³-hybridized carbons (Fsp3) is 0.500. The van der Waals surface area contributed by atoms with Gasteiger partial charge >= 0.3 is 0 Å². The van der Waals surface area contributed by atoms with Gasteiger partial charge in [-0.3, -0.25) is 0 Å². The van der Waals surface area contributed by atoms with Gasteiger partial charge in [-0.2, -0.15) is 5.26 Å². The van der Waals surface area contributed by atoms with Gasteiger partial charge in [0.25, 0.3) is 0 Å². The van der Waals surface area contributed by atoms with Crippen LogP contribution < -0.4 is 0 Å². The lowest BCUT2D eigenvalue weighted by Gasteiger charge is -2.24. The maximum absolute atomic E-state index is 8.76. The van der Waals surface area contributed by atoms with Crippen molar-refractivity contribution in [2.75, 3.05) is 6.61 Å². The zero-order valence-electron chi connectivity index (χ0n) is 9.48. The summed E-state index contributed by atoms with van der Waals surface area (Å²) in [7, 11) is 0. The lowest BCUT2D eigenvalue weighted by Crippen LogP contribution is -2.13. The Morgan fingerprint density at radius 3 is 2.94 bits per heavy atom. The van der Waals surface area contributed by atoms with Gasteiger partial charge < -0.3 is 4.74 Å². The van der Waals surface area contributed by atoms with Crippen LogP contribution in [0.25, 0.3) is 0 Å². The first-order valence-electron chi connectivity index (χ1n) is 5.95. The molecule has 1 fully saturated rings. The van der Waals surface area contributed by atoms with E-state index >= 15 is 0 Å². The molecule has 0 heterocycles. The fourth-order valence-electron chi connectivity index (χ4n) is 1.95. The highest BCUT2D eigenvalue weighted by atomic mass is 16.5. The maximum atomic E-state index is 8.76. The molecule has 1 aliphatic rings. The SMILES string of the molecule is N#Cc1cccc(COCCC2CCC2)c1. The molecule has 2 nitrogen and oxygen atoms in total. The quantitative estimate of drug-likeness (QED) is 0.706. The van der Waals surface area contributed by atoms with Gasteiger partial charge in [-0.05, 0) is 30.0 Å². The predicted molar refractivity (Wildman–Crippen MR) is 62.8 cm³/mol. The number of nitriles is 1. The lowest BCUT2D eigenvalue weighted by atomic mass is 9.83. The molecule has 2 heteroatoms. The van der Waals surface area contributed by atoms with Gasteiger partial charge in [0.2, 0.25) is 0 Å². The van der Waals surface area contributed by atoms with E-state index in [2.05, 4.69) is 6.07 Å². The molecule has 0 bridgehead atoms. The van der Waals surface area contributed by atoms with Crippen LogP contribution in [0.1, 0.15) is 36.8 Å². The van der Waals surface area contributed by atoms with Gasteiger partial charge in [-0.25, -0.2) is 0 Å². The monoisotopic (exact) mass is 215 g/mol. The molecule has 16 heavy (non-hydrogen) atoms. The van der Waals surface area contributed by atoms with E-state index in [1.807, 2.05) is 24.3 Å². The normalized spacial score (nSPS) is 15.4. The van der Waals surface area contributed by atoms with Gasteiger partial charge in [-0.15, -0.1) is 0 Å². The van der Waals surface area contributed by atoms with E-state index in [-0.39, 0.29) is 0 Å². The molecule has 1 aromatic carbocycles. The molecule has 0 aromatic heterocycles. The summed E-state index contributed by atoms with van der Waals surface area (Å²) in [6, 6.07) is 9.76. The number of nitrogens with zero attached hydrogens (tertiary/aromatic N) is 1. The van der Waals surface area contributed by atoms with Crippen molar-refractivity contribution >= 4 is 0 Å². The van der Waals surface area contributed by atoms with Gasteiger partial charge in [0.15, 0.2) is 0 Å². The predicted octanol–water partition coefficient (Wildman–Crippen LogP) is 3.27. The highest BCUT2D eigenvalue weighted by Crippen LogP contribution is 2.29. The second-order valence-corrected chi connectivity index (χ2v) is 4.45. The number of benzene rings is 1. The third-order valence-electron chi connectivity index (χ3n) is 3.22. The third-order valence-corrected chi connectivity index (χ3v) is 3.22. The molecule has 1 saturated carbocycles. The van der Waals surface area contributed by atoms with Crippen molar-refractivity contribution in [2.24, 2.45) is 5.92 Å². The average molecular weight is 215 g/mol. The Morgan fingerprint density at radius 1 is 1.38 bits per heavy atom. The van der Waals surface area contributed by atoms with E-state index in [4.69, 9.17) is 10.00 Å². The Morgan fingerprint density at radius 2 is 2.25 bits per heavy atom. The van der Waals surface area contributed by atoms with Crippen molar-refractivity contribution < 1.29 is 4.74 Å². The number of hydrogen-bond acceptors (Lipinski definition) is 2. The number of rotatable bonds is 5. The summed E-state index contributed by atoms with van der Waals surface area (Å²) in [4.78, 5) is 0. The molecule has 0 saturated heterocycles. The number of ether oxygens (including phenoxy) is 1. The molecule has 0 N–H and O–H groups in total. The van der Waals surface area contributed by atoms with Crippen LogP contribution in [0.15, 0.2) is 24.3 Å². The molecule has 0 radical (unpaired) electrons. The number of hydrogen-bond donors (Lipinski definition) is 0. The van der Waals surface area contributed by atoms with Crippen LogP contribution in [-0.4, -0.2) is 6.61 Å². The van der Waals surface area contributed by atoms with Gasteiger partial charge in [0.1, 0.15) is 0 Å². The minimum atomic E-state index is 0.627. The summed E-state index contributed by atoms with van der Waals surface area (Å²) in [6.07, 6.45) is 5.35. The van der Waals surface area contributed by atoms with Crippen LogP contribution in [0.4, 0.5) is 0 Å². The zero-order valence-corrected chi connectivity index (χ0v) is 9.48. The van der Waals surface area contributed by atoms with Crippen LogP contribution >= 0.6 is 0 Å². The summed E-state index contributed by atoms with van der Waals surface area (Å²) in [5, 5.41) is 8.76.